The van der Waals surface area contributed by atoms with E-state index in [9.17, 15) is 40.9 Å². The number of hydrogen-bond donors (Lipinski definition) is 9. The molecule has 9 rings (SSSR count). The van der Waals surface area contributed by atoms with Gasteiger partial charge in [0, 0.05) is 33.3 Å². The number of fused-ring (bicyclic) bond motifs is 8. The molecule has 2 aliphatic heterocycles. The first-order valence-electron chi connectivity index (χ1n) is 17.2. The molecule has 7 aromatic rings. The van der Waals surface area contributed by atoms with Crippen molar-refractivity contribution in [1.29, 1.82) is 0 Å². The first-order valence-corrected chi connectivity index (χ1v) is 17.2. The zero-order chi connectivity index (χ0) is 38.8. The second-order valence-corrected chi connectivity index (χ2v) is 13.1. The number of phenols is 8. The number of aromatic amines is 1. The largest absolute Gasteiger partial charge is 2.00 e. The average molecular weight is 813 g/mol. The zero-order valence-corrected chi connectivity index (χ0v) is 31.4. The Morgan fingerprint density at radius 3 is 0.897 bits per heavy atom. The van der Waals surface area contributed by atoms with E-state index < -0.39 is 0 Å². The van der Waals surface area contributed by atoms with Crippen molar-refractivity contribution in [3.63, 3.8) is 0 Å². The third kappa shape index (κ3) is 6.20. The molecule has 0 atom stereocenters. The van der Waals surface area contributed by atoms with Crippen molar-refractivity contribution >= 4 is 46.4 Å². The molecule has 3 aromatic heterocycles. The Hall–Kier alpha value is -7.60. The van der Waals surface area contributed by atoms with Gasteiger partial charge in [-0.2, -0.15) is 0 Å². The van der Waals surface area contributed by atoms with Crippen LogP contribution in [0.1, 0.15) is 22.8 Å². The molecule has 13 heteroatoms. The molecule has 0 saturated heterocycles. The van der Waals surface area contributed by atoms with Gasteiger partial charge in [0.15, 0.2) is 0 Å². The molecule has 0 amide bonds. The number of phenolic OH excluding ortho intramolecular Hbond substituents is 8. The van der Waals surface area contributed by atoms with Crippen LogP contribution in [0.25, 0.3) is 90.9 Å². The number of benzene rings is 4. The van der Waals surface area contributed by atoms with Crippen molar-refractivity contribution in [1.82, 2.24) is 19.9 Å². The van der Waals surface area contributed by atoms with Crippen molar-refractivity contribution in [2.24, 2.45) is 0 Å². The van der Waals surface area contributed by atoms with Crippen LogP contribution >= 0.6 is 0 Å². The Bertz CT molecular complexity index is 2560. The maximum Gasteiger partial charge on any atom is 2.00 e. The van der Waals surface area contributed by atoms with E-state index in [2.05, 4.69) is 4.98 Å². The number of aromatic hydroxyl groups is 8. The molecule has 0 fully saturated rings. The number of aromatic nitrogens is 4. The molecule has 8 bridgehead atoms. The van der Waals surface area contributed by atoms with Gasteiger partial charge in [0.2, 0.25) is 0 Å². The summed E-state index contributed by atoms with van der Waals surface area (Å²) in [6, 6.07) is 23.9. The van der Waals surface area contributed by atoms with Crippen LogP contribution in [0.2, 0.25) is 0 Å². The molecule has 4 aromatic carbocycles. The molecule has 2 aliphatic rings. The van der Waals surface area contributed by atoms with E-state index in [0.29, 0.717) is 11.0 Å². The summed E-state index contributed by atoms with van der Waals surface area (Å²) >= 11 is 0. The Balaban J connectivity index is 0.00000256. The van der Waals surface area contributed by atoms with Crippen LogP contribution in [0.15, 0.2) is 97.1 Å². The summed E-state index contributed by atoms with van der Waals surface area (Å²) in [4.78, 5) is 18.2. The summed E-state index contributed by atoms with van der Waals surface area (Å²) in [6.45, 7) is 0. The second kappa shape index (κ2) is 14.8. The molecule has 0 unspecified atom stereocenters. The fourth-order valence-electron chi connectivity index (χ4n) is 7.32. The summed E-state index contributed by atoms with van der Waals surface area (Å²) < 4.78 is 0. The van der Waals surface area contributed by atoms with Crippen LogP contribution < -0.4 is 4.98 Å². The predicted octanol–water partition coefficient (Wildman–Crippen LogP) is 9.05. The van der Waals surface area contributed by atoms with Crippen molar-refractivity contribution < 1.29 is 57.9 Å². The Labute approximate surface area is 340 Å². The van der Waals surface area contributed by atoms with E-state index in [1.165, 1.54) is 72.8 Å². The number of nitrogens with zero attached hydrogens (tertiary/aromatic N) is 3. The SMILES string of the molecule is Oc1cccc(O)c1-c1c2nc(c(-c3c(O)cccc3O)c3ccc([nH]3)c(-c3c(O)cccc3O)c3nc(c(-c4c(O)cccc4O)c4ccc1[n-]4)C=C3)C=C2.[CH3-].[Fe+2]. The monoisotopic (exact) mass is 812 g/mol. The van der Waals surface area contributed by atoms with Crippen LogP contribution in [0, 0.1) is 7.43 Å². The van der Waals surface area contributed by atoms with Crippen molar-refractivity contribution in [2.75, 3.05) is 0 Å². The molecule has 9 N–H and O–H groups in total. The van der Waals surface area contributed by atoms with Crippen LogP contribution in [0.5, 0.6) is 46.0 Å². The molecule has 288 valence electrons. The fraction of sp³-hybridized carbons (Fsp3) is 0. The van der Waals surface area contributed by atoms with Gasteiger partial charge in [0.05, 0.1) is 45.0 Å². The summed E-state index contributed by atoms with van der Waals surface area (Å²) in [7, 11) is 0. The maximum absolute atomic E-state index is 11.2. The van der Waals surface area contributed by atoms with Gasteiger partial charge >= 0.3 is 17.1 Å². The van der Waals surface area contributed by atoms with Gasteiger partial charge in [-0.3, -0.25) is 0 Å². The normalized spacial score (nSPS) is 11.6. The van der Waals surface area contributed by atoms with E-state index in [-0.39, 0.29) is 149 Å². The smallest absolute Gasteiger partial charge is 0.657 e. The molecule has 58 heavy (non-hydrogen) atoms. The predicted molar refractivity (Wildman–Crippen MR) is 219 cm³/mol. The van der Waals surface area contributed by atoms with Gasteiger partial charge in [0.25, 0.3) is 0 Å². The average Bonchev–Trinajstić information content (AvgIpc) is 4.00. The second-order valence-electron chi connectivity index (χ2n) is 13.1. The summed E-state index contributed by atoms with van der Waals surface area (Å²) in [5.74, 6) is -2.05. The third-order valence-electron chi connectivity index (χ3n) is 9.76. The van der Waals surface area contributed by atoms with Gasteiger partial charge in [-0.25, -0.2) is 9.97 Å². The van der Waals surface area contributed by atoms with Crippen molar-refractivity contribution in [3.05, 3.63) is 127 Å². The molecule has 5 heterocycles. The Kier molecular flexibility index (Phi) is 9.87. The molecule has 0 spiro atoms. The third-order valence-corrected chi connectivity index (χ3v) is 9.76. The number of rotatable bonds is 4. The van der Waals surface area contributed by atoms with Gasteiger partial charge in [-0.1, -0.05) is 36.4 Å². The van der Waals surface area contributed by atoms with E-state index in [1.54, 1.807) is 48.6 Å². The van der Waals surface area contributed by atoms with Gasteiger partial charge in [-0.05, 0) is 85.0 Å². The molecule has 0 radical (unpaired) electrons. The number of nitrogens with one attached hydrogen (secondary N) is 1. The maximum atomic E-state index is 11.2. The van der Waals surface area contributed by atoms with Crippen LogP contribution in [0.3, 0.4) is 0 Å². The van der Waals surface area contributed by atoms with Crippen molar-refractivity contribution in [2.45, 2.75) is 0 Å². The zero-order valence-electron chi connectivity index (χ0n) is 30.3. The molecule has 0 saturated carbocycles. The molecule has 0 aliphatic carbocycles. The van der Waals surface area contributed by atoms with E-state index in [0.717, 1.165) is 0 Å². The molecule has 12 nitrogen and oxygen atoms in total. The minimum absolute atomic E-state index is 0. The van der Waals surface area contributed by atoms with E-state index >= 15 is 0 Å². The Morgan fingerprint density at radius 2 is 0.603 bits per heavy atom. The first kappa shape index (κ1) is 38.7. The fourth-order valence-corrected chi connectivity index (χ4v) is 7.32. The molecular formula is C45H32FeN4O8. The number of H-pyrrole nitrogens is 1. The van der Waals surface area contributed by atoms with Gasteiger partial charge in [-0.15, -0.1) is 11.0 Å². The Morgan fingerprint density at radius 1 is 0.345 bits per heavy atom. The summed E-state index contributed by atoms with van der Waals surface area (Å²) in [6.07, 6.45) is 6.59. The van der Waals surface area contributed by atoms with Gasteiger partial charge < -0.3 is 58.2 Å². The van der Waals surface area contributed by atoms with Crippen LogP contribution in [-0.2, 0) is 17.1 Å². The van der Waals surface area contributed by atoms with E-state index in [1.807, 2.05) is 0 Å². The standard InChI is InChI=1S/C44H29N4O8.CH3.Fe/c49-29-5-1-6-30(50)41(29)37-21-13-15-23(45-21)38(42-31(51)7-2-8-32(42)52)25-17-19-27(47-25)40(44-35(55)11-4-12-36(44)56)28-20-18-26(48-28)39(24-16-14-22(37)46-24)43-33(53)9-3-10-34(43)54;;/h1-20H,(H9-,45,46,47,48,49,50,51,52,53,54,55,56);1H3;/q2*-1;+2. The van der Waals surface area contributed by atoms with Gasteiger partial charge in [0.1, 0.15) is 46.0 Å². The minimum atomic E-state index is -0.263. The number of hydrogen-bond acceptors (Lipinski definition) is 10. The first-order chi connectivity index (χ1) is 27.1. The van der Waals surface area contributed by atoms with Crippen LogP contribution in [0.4, 0.5) is 0 Å². The van der Waals surface area contributed by atoms with Crippen LogP contribution in [-0.4, -0.2) is 55.8 Å². The van der Waals surface area contributed by atoms with Crippen molar-refractivity contribution in [3.8, 4) is 90.5 Å². The topological polar surface area (TPSA) is 218 Å². The summed E-state index contributed by atoms with van der Waals surface area (Å²) in [5.41, 5.74) is 3.38. The van der Waals surface area contributed by atoms with E-state index in [4.69, 9.17) is 15.0 Å². The quantitative estimate of drug-likeness (QED) is 0.0603. The summed E-state index contributed by atoms with van der Waals surface area (Å²) in [5, 5.41) is 89.5. The molecular weight excluding hydrogens is 780 g/mol. The minimum Gasteiger partial charge on any atom is -0.657 e.